The van der Waals surface area contributed by atoms with E-state index in [1.54, 1.807) is 18.0 Å². The average Bonchev–Trinajstić information content (AvgIpc) is 2.45. The highest BCUT2D eigenvalue weighted by molar-refractivity contribution is 7.99. The molecule has 0 aliphatic heterocycles. The fourth-order valence-corrected chi connectivity index (χ4v) is 2.58. The van der Waals surface area contributed by atoms with Gasteiger partial charge in [0, 0.05) is 11.4 Å². The first-order valence-electron chi connectivity index (χ1n) is 6.49. The van der Waals surface area contributed by atoms with Crippen molar-refractivity contribution < 1.29 is 0 Å². The van der Waals surface area contributed by atoms with Gasteiger partial charge in [-0.3, -0.25) is 0 Å². The van der Waals surface area contributed by atoms with Crippen molar-refractivity contribution in [3.05, 3.63) is 35.5 Å². The Balaban J connectivity index is 2.27. The molecule has 2 rings (SSSR count). The molecule has 0 unspecified atom stereocenters. The summed E-state index contributed by atoms with van der Waals surface area (Å²) in [5.74, 6) is 2.19. The molecule has 0 saturated carbocycles. The highest BCUT2D eigenvalue weighted by atomic mass is 35.5. The van der Waals surface area contributed by atoms with Crippen molar-refractivity contribution in [1.29, 1.82) is 0 Å². The summed E-state index contributed by atoms with van der Waals surface area (Å²) in [4.78, 5) is 9.69. The molecule has 0 saturated heterocycles. The van der Waals surface area contributed by atoms with E-state index in [9.17, 15) is 0 Å². The average molecular weight is 309 g/mol. The largest absolute Gasteiger partial charge is 0.354 e. The Kier molecular flexibility index (Phi) is 5.49. The van der Waals surface area contributed by atoms with Gasteiger partial charge in [0.15, 0.2) is 5.82 Å². The molecule has 0 fully saturated rings. The molecule has 1 aromatic carbocycles. The molecule has 106 valence electrons. The molecule has 2 aromatic rings. The fourth-order valence-electron chi connectivity index (χ4n) is 1.68. The highest BCUT2D eigenvalue weighted by Gasteiger charge is 2.08. The van der Waals surface area contributed by atoms with Crippen LogP contribution in [0.15, 0.2) is 35.4 Å². The smallest absolute Gasteiger partial charge is 0.224 e. The molecular formula is C14H17ClN4S. The van der Waals surface area contributed by atoms with E-state index in [1.165, 1.54) is 4.90 Å². The molecule has 0 spiro atoms. The Morgan fingerprint density at radius 3 is 2.80 bits per heavy atom. The van der Waals surface area contributed by atoms with Crippen LogP contribution in [-0.4, -0.2) is 22.3 Å². The minimum atomic E-state index is 0.503. The van der Waals surface area contributed by atoms with E-state index in [2.05, 4.69) is 33.6 Å². The first kappa shape index (κ1) is 14.9. The second kappa shape index (κ2) is 7.36. The van der Waals surface area contributed by atoms with E-state index < -0.39 is 0 Å². The third-order valence-corrected chi connectivity index (χ3v) is 3.75. The van der Waals surface area contributed by atoms with Gasteiger partial charge in [-0.05, 0) is 24.8 Å². The lowest BCUT2D eigenvalue weighted by atomic mass is 10.3. The molecule has 2 N–H and O–H groups in total. The van der Waals surface area contributed by atoms with Crippen LogP contribution in [0.1, 0.15) is 13.8 Å². The van der Waals surface area contributed by atoms with Crippen LogP contribution >= 0.6 is 23.4 Å². The molecule has 0 aliphatic carbocycles. The highest BCUT2D eigenvalue weighted by Crippen LogP contribution is 2.31. The SMILES string of the molecule is CCNc1ncc(Cl)c(Nc2ccccc2SCC)n1. The maximum atomic E-state index is 6.15. The molecule has 4 nitrogen and oxygen atoms in total. The Bertz CT molecular complexity index is 577. The molecule has 0 amide bonds. The summed E-state index contributed by atoms with van der Waals surface area (Å²) in [6.07, 6.45) is 1.60. The molecule has 0 atom stereocenters. The van der Waals surface area contributed by atoms with Gasteiger partial charge in [0.2, 0.25) is 5.95 Å². The minimum absolute atomic E-state index is 0.503. The first-order chi connectivity index (χ1) is 9.74. The zero-order valence-corrected chi connectivity index (χ0v) is 13.1. The van der Waals surface area contributed by atoms with Gasteiger partial charge in [0.1, 0.15) is 5.02 Å². The molecule has 0 radical (unpaired) electrons. The van der Waals surface area contributed by atoms with E-state index in [0.717, 1.165) is 18.0 Å². The lowest BCUT2D eigenvalue weighted by Crippen LogP contribution is -2.04. The van der Waals surface area contributed by atoms with Gasteiger partial charge < -0.3 is 10.6 Å². The van der Waals surface area contributed by atoms with Gasteiger partial charge in [-0.25, -0.2) is 4.98 Å². The van der Waals surface area contributed by atoms with E-state index in [1.807, 2.05) is 25.1 Å². The maximum Gasteiger partial charge on any atom is 0.224 e. The van der Waals surface area contributed by atoms with E-state index in [0.29, 0.717) is 16.8 Å². The predicted octanol–water partition coefficient (Wildman–Crippen LogP) is 4.42. The predicted molar refractivity (Wildman–Crippen MR) is 87.3 cm³/mol. The van der Waals surface area contributed by atoms with Crippen LogP contribution in [0.4, 0.5) is 17.5 Å². The number of hydrogen-bond acceptors (Lipinski definition) is 5. The summed E-state index contributed by atoms with van der Waals surface area (Å²) in [6, 6.07) is 8.11. The second-order valence-corrected chi connectivity index (χ2v) is 5.69. The fraction of sp³-hybridized carbons (Fsp3) is 0.286. The lowest BCUT2D eigenvalue weighted by molar-refractivity contribution is 1.09. The number of benzene rings is 1. The van der Waals surface area contributed by atoms with Crippen molar-refractivity contribution in [2.24, 2.45) is 0 Å². The molecular weight excluding hydrogens is 292 g/mol. The molecule has 20 heavy (non-hydrogen) atoms. The van der Waals surface area contributed by atoms with Crippen molar-refractivity contribution in [2.75, 3.05) is 22.9 Å². The molecule has 1 heterocycles. The van der Waals surface area contributed by atoms with Gasteiger partial charge in [-0.15, -0.1) is 11.8 Å². The number of para-hydroxylation sites is 1. The third kappa shape index (κ3) is 3.77. The van der Waals surface area contributed by atoms with Crippen molar-refractivity contribution in [2.45, 2.75) is 18.7 Å². The number of aromatic nitrogens is 2. The summed E-state index contributed by atoms with van der Waals surface area (Å²) >= 11 is 7.93. The van der Waals surface area contributed by atoms with Gasteiger partial charge in [-0.2, -0.15) is 4.98 Å². The maximum absolute atomic E-state index is 6.15. The molecule has 6 heteroatoms. The van der Waals surface area contributed by atoms with Crippen LogP contribution in [-0.2, 0) is 0 Å². The topological polar surface area (TPSA) is 49.8 Å². The number of anilines is 3. The first-order valence-corrected chi connectivity index (χ1v) is 7.86. The van der Waals surface area contributed by atoms with Gasteiger partial charge in [0.05, 0.1) is 11.9 Å². The summed E-state index contributed by atoms with van der Waals surface area (Å²) < 4.78 is 0. The summed E-state index contributed by atoms with van der Waals surface area (Å²) in [5.41, 5.74) is 1.00. The summed E-state index contributed by atoms with van der Waals surface area (Å²) in [5, 5.41) is 6.86. The van der Waals surface area contributed by atoms with Crippen molar-refractivity contribution in [3.63, 3.8) is 0 Å². The Morgan fingerprint density at radius 1 is 1.25 bits per heavy atom. The normalized spacial score (nSPS) is 10.3. The van der Waals surface area contributed by atoms with Crippen molar-refractivity contribution in [3.8, 4) is 0 Å². The van der Waals surface area contributed by atoms with Crippen LogP contribution in [0.25, 0.3) is 0 Å². The number of hydrogen-bond donors (Lipinski definition) is 2. The van der Waals surface area contributed by atoms with E-state index in [4.69, 9.17) is 11.6 Å². The van der Waals surface area contributed by atoms with Crippen LogP contribution in [0, 0.1) is 0 Å². The lowest BCUT2D eigenvalue weighted by Gasteiger charge is -2.12. The molecule has 1 aromatic heterocycles. The molecule has 0 aliphatic rings. The van der Waals surface area contributed by atoms with Crippen LogP contribution in [0.5, 0.6) is 0 Å². The number of nitrogens with one attached hydrogen (secondary N) is 2. The van der Waals surface area contributed by atoms with Crippen LogP contribution in [0.2, 0.25) is 5.02 Å². The minimum Gasteiger partial charge on any atom is -0.354 e. The number of halogens is 1. The van der Waals surface area contributed by atoms with Gasteiger partial charge >= 0.3 is 0 Å². The van der Waals surface area contributed by atoms with E-state index >= 15 is 0 Å². The Hall–Kier alpha value is -1.46. The van der Waals surface area contributed by atoms with Gasteiger partial charge in [0.25, 0.3) is 0 Å². The monoisotopic (exact) mass is 308 g/mol. The van der Waals surface area contributed by atoms with Crippen LogP contribution in [0.3, 0.4) is 0 Å². The zero-order chi connectivity index (χ0) is 14.4. The summed E-state index contributed by atoms with van der Waals surface area (Å²) in [6.45, 7) is 4.89. The second-order valence-electron chi connectivity index (χ2n) is 3.97. The Morgan fingerprint density at radius 2 is 2.05 bits per heavy atom. The van der Waals surface area contributed by atoms with Crippen molar-refractivity contribution >= 4 is 40.8 Å². The Labute approximate surface area is 128 Å². The van der Waals surface area contributed by atoms with Gasteiger partial charge in [-0.1, -0.05) is 30.7 Å². The number of nitrogens with zero attached hydrogens (tertiary/aromatic N) is 2. The van der Waals surface area contributed by atoms with E-state index in [-0.39, 0.29) is 0 Å². The summed E-state index contributed by atoms with van der Waals surface area (Å²) in [7, 11) is 0. The third-order valence-electron chi connectivity index (χ3n) is 2.52. The van der Waals surface area contributed by atoms with Crippen molar-refractivity contribution in [1.82, 2.24) is 9.97 Å². The van der Waals surface area contributed by atoms with Crippen LogP contribution < -0.4 is 10.6 Å². The number of thioether (sulfide) groups is 1. The molecule has 0 bridgehead atoms. The number of rotatable bonds is 6. The quantitative estimate of drug-likeness (QED) is 0.774. The standard InChI is InChI=1S/C14H17ClN4S/c1-3-16-14-17-9-10(15)13(19-14)18-11-7-5-6-8-12(11)20-4-2/h5-9H,3-4H2,1-2H3,(H2,16,17,18,19). The zero-order valence-electron chi connectivity index (χ0n) is 11.5.